The Bertz CT molecular complexity index is 111. The van der Waals surface area contributed by atoms with Gasteiger partial charge < -0.3 is 9.47 Å². The molecule has 0 fully saturated rings. The summed E-state index contributed by atoms with van der Waals surface area (Å²) in [6.07, 6.45) is -0.479. The van der Waals surface area contributed by atoms with Crippen LogP contribution in [0.3, 0.4) is 0 Å². The molecule has 0 aliphatic rings. The fourth-order valence-electron chi connectivity index (χ4n) is 0.469. The molecule has 4 heteroatoms. The quantitative estimate of drug-likeness (QED) is 0.358. The van der Waals surface area contributed by atoms with E-state index in [2.05, 4.69) is 9.47 Å². The van der Waals surface area contributed by atoms with Gasteiger partial charge in [-0.3, -0.25) is 0 Å². The SMILES string of the molecule is CCCCOC(=O)OC(C)[O]. The molecular weight excluding hydrogens is 148 g/mol. The summed E-state index contributed by atoms with van der Waals surface area (Å²) in [6.45, 7) is 3.54. The van der Waals surface area contributed by atoms with Gasteiger partial charge in [-0.05, 0) is 6.42 Å². The maximum absolute atomic E-state index is 10.5. The van der Waals surface area contributed by atoms with E-state index in [9.17, 15) is 9.90 Å². The van der Waals surface area contributed by atoms with Crippen LogP contribution < -0.4 is 0 Å². The van der Waals surface area contributed by atoms with Gasteiger partial charge in [0.25, 0.3) is 0 Å². The zero-order valence-corrected chi connectivity index (χ0v) is 6.83. The molecule has 1 radical (unpaired) electrons. The average molecular weight is 161 g/mol. The van der Waals surface area contributed by atoms with Crippen molar-refractivity contribution in [3.05, 3.63) is 0 Å². The Labute approximate surface area is 66.1 Å². The van der Waals surface area contributed by atoms with Gasteiger partial charge in [-0.2, -0.15) is 5.11 Å². The van der Waals surface area contributed by atoms with E-state index in [4.69, 9.17) is 0 Å². The zero-order valence-electron chi connectivity index (χ0n) is 6.83. The molecule has 0 rings (SSSR count). The summed E-state index contributed by atoms with van der Waals surface area (Å²) < 4.78 is 8.71. The van der Waals surface area contributed by atoms with Crippen LogP contribution in [0.1, 0.15) is 26.7 Å². The maximum Gasteiger partial charge on any atom is 0.510 e. The first-order valence-electron chi connectivity index (χ1n) is 3.66. The van der Waals surface area contributed by atoms with Crippen molar-refractivity contribution in [3.63, 3.8) is 0 Å². The third-order valence-electron chi connectivity index (χ3n) is 0.980. The highest BCUT2D eigenvalue weighted by Gasteiger charge is 2.06. The molecule has 0 amide bonds. The minimum Gasteiger partial charge on any atom is -0.434 e. The van der Waals surface area contributed by atoms with Crippen molar-refractivity contribution in [2.75, 3.05) is 6.61 Å². The standard InChI is InChI=1S/C7H13O4/c1-3-4-5-10-7(9)11-6(2)8/h6H,3-5H2,1-2H3. The molecule has 4 nitrogen and oxygen atoms in total. The Morgan fingerprint density at radius 1 is 1.55 bits per heavy atom. The van der Waals surface area contributed by atoms with Crippen LogP contribution in [-0.4, -0.2) is 19.1 Å². The van der Waals surface area contributed by atoms with Crippen LogP contribution in [0, 0.1) is 0 Å². The number of unbranched alkanes of at least 4 members (excludes halogenated alkanes) is 1. The van der Waals surface area contributed by atoms with E-state index in [0.29, 0.717) is 6.61 Å². The molecule has 1 atom stereocenters. The fraction of sp³-hybridized carbons (Fsp3) is 0.857. The smallest absolute Gasteiger partial charge is 0.434 e. The minimum atomic E-state index is -1.34. The lowest BCUT2D eigenvalue weighted by atomic mass is 10.4. The van der Waals surface area contributed by atoms with Gasteiger partial charge in [-0.1, -0.05) is 13.3 Å². The summed E-state index contributed by atoms with van der Waals surface area (Å²) in [6, 6.07) is 0. The van der Waals surface area contributed by atoms with Crippen molar-refractivity contribution in [2.45, 2.75) is 33.0 Å². The molecule has 0 saturated heterocycles. The van der Waals surface area contributed by atoms with Gasteiger partial charge >= 0.3 is 6.16 Å². The molecule has 0 spiro atoms. The predicted molar refractivity (Wildman–Crippen MR) is 37.5 cm³/mol. The first-order valence-corrected chi connectivity index (χ1v) is 3.66. The predicted octanol–water partition coefficient (Wildman–Crippen LogP) is 1.72. The second-order valence-corrected chi connectivity index (χ2v) is 2.14. The molecule has 11 heavy (non-hydrogen) atoms. The lowest BCUT2D eigenvalue weighted by Gasteiger charge is -2.05. The summed E-state index contributed by atoms with van der Waals surface area (Å²) in [5.41, 5.74) is 0. The van der Waals surface area contributed by atoms with Crippen molar-refractivity contribution < 1.29 is 19.4 Å². The van der Waals surface area contributed by atoms with Crippen molar-refractivity contribution >= 4 is 6.16 Å². The van der Waals surface area contributed by atoms with Gasteiger partial charge in [0.1, 0.15) is 0 Å². The highest BCUT2D eigenvalue weighted by molar-refractivity contribution is 5.59. The van der Waals surface area contributed by atoms with E-state index in [1.165, 1.54) is 6.92 Å². The lowest BCUT2D eigenvalue weighted by molar-refractivity contribution is -0.105. The van der Waals surface area contributed by atoms with E-state index in [-0.39, 0.29) is 0 Å². The highest BCUT2D eigenvalue weighted by atomic mass is 16.8. The molecule has 0 heterocycles. The summed E-state index contributed by atoms with van der Waals surface area (Å²) in [5, 5.41) is 10.2. The monoisotopic (exact) mass is 161 g/mol. The summed E-state index contributed by atoms with van der Waals surface area (Å²) >= 11 is 0. The molecule has 0 aromatic rings. The number of hydrogen-bond donors (Lipinski definition) is 0. The Morgan fingerprint density at radius 2 is 2.18 bits per heavy atom. The van der Waals surface area contributed by atoms with E-state index < -0.39 is 12.4 Å². The molecule has 1 unspecified atom stereocenters. The first kappa shape index (κ1) is 10.2. The van der Waals surface area contributed by atoms with Crippen LogP contribution in [0.4, 0.5) is 4.79 Å². The number of carbonyl (C=O) groups excluding carboxylic acids is 1. The Balaban J connectivity index is 3.23. The largest absolute Gasteiger partial charge is 0.510 e. The Morgan fingerprint density at radius 3 is 2.64 bits per heavy atom. The lowest BCUT2D eigenvalue weighted by Crippen LogP contribution is -2.14. The van der Waals surface area contributed by atoms with Crippen molar-refractivity contribution in [1.29, 1.82) is 0 Å². The number of hydrogen-bond acceptors (Lipinski definition) is 3. The Kier molecular flexibility index (Phi) is 5.56. The minimum absolute atomic E-state index is 0.321. The summed E-state index contributed by atoms with van der Waals surface area (Å²) in [7, 11) is 0. The number of carbonyl (C=O) groups is 1. The average Bonchev–Trinajstić information content (AvgIpc) is 1.86. The second kappa shape index (κ2) is 5.97. The topological polar surface area (TPSA) is 55.4 Å². The van der Waals surface area contributed by atoms with Crippen LogP contribution in [-0.2, 0) is 14.6 Å². The van der Waals surface area contributed by atoms with Gasteiger partial charge in [0.15, 0.2) is 0 Å². The molecule has 0 N–H and O–H groups in total. The fourth-order valence-corrected chi connectivity index (χ4v) is 0.469. The second-order valence-electron chi connectivity index (χ2n) is 2.14. The Hall–Kier alpha value is -0.770. The highest BCUT2D eigenvalue weighted by Crippen LogP contribution is 1.93. The number of rotatable bonds is 4. The molecule has 0 saturated carbocycles. The van der Waals surface area contributed by atoms with E-state index >= 15 is 0 Å². The molecule has 0 bridgehead atoms. The molecule has 65 valence electrons. The molecule has 0 aliphatic heterocycles. The van der Waals surface area contributed by atoms with Gasteiger partial charge in [-0.15, -0.1) is 0 Å². The zero-order chi connectivity index (χ0) is 8.69. The van der Waals surface area contributed by atoms with Crippen LogP contribution in [0.25, 0.3) is 0 Å². The van der Waals surface area contributed by atoms with Gasteiger partial charge in [-0.25, -0.2) is 4.79 Å². The van der Waals surface area contributed by atoms with Crippen LogP contribution >= 0.6 is 0 Å². The van der Waals surface area contributed by atoms with E-state index in [0.717, 1.165) is 12.8 Å². The van der Waals surface area contributed by atoms with Crippen molar-refractivity contribution in [3.8, 4) is 0 Å². The third kappa shape index (κ3) is 7.12. The van der Waals surface area contributed by atoms with E-state index in [1.807, 2.05) is 6.92 Å². The molecule has 0 aromatic carbocycles. The normalized spacial score (nSPS) is 12.3. The molecule has 0 aromatic heterocycles. The van der Waals surface area contributed by atoms with Gasteiger partial charge in [0.2, 0.25) is 6.29 Å². The van der Waals surface area contributed by atoms with Crippen molar-refractivity contribution in [2.24, 2.45) is 0 Å². The van der Waals surface area contributed by atoms with Crippen LogP contribution in [0.5, 0.6) is 0 Å². The van der Waals surface area contributed by atoms with Crippen LogP contribution in [0.15, 0.2) is 0 Å². The number of ether oxygens (including phenoxy) is 2. The maximum atomic E-state index is 10.5. The van der Waals surface area contributed by atoms with Crippen molar-refractivity contribution in [1.82, 2.24) is 0 Å². The van der Waals surface area contributed by atoms with Gasteiger partial charge in [0.05, 0.1) is 6.61 Å². The van der Waals surface area contributed by atoms with Crippen LogP contribution in [0.2, 0.25) is 0 Å². The summed E-state index contributed by atoms with van der Waals surface area (Å²) in [5.74, 6) is 0. The summed E-state index contributed by atoms with van der Waals surface area (Å²) in [4.78, 5) is 10.5. The third-order valence-corrected chi connectivity index (χ3v) is 0.980. The first-order chi connectivity index (χ1) is 5.16. The van der Waals surface area contributed by atoms with Gasteiger partial charge in [0, 0.05) is 6.92 Å². The van der Waals surface area contributed by atoms with E-state index in [1.54, 1.807) is 0 Å². The molecular formula is C7H13O4. The molecule has 0 aliphatic carbocycles.